The number of methoxy groups -OCH3 is 1. The van der Waals surface area contributed by atoms with Crippen molar-refractivity contribution in [3.8, 4) is 17.2 Å². The minimum Gasteiger partial charge on any atom is -0.504 e. The predicted octanol–water partition coefficient (Wildman–Crippen LogP) is 3.83. The zero-order chi connectivity index (χ0) is 17.0. The van der Waals surface area contributed by atoms with E-state index in [1.807, 2.05) is 0 Å². The summed E-state index contributed by atoms with van der Waals surface area (Å²) >= 11 is 12.2. The van der Waals surface area contributed by atoms with Gasteiger partial charge in [-0.15, -0.1) is 0 Å². The van der Waals surface area contributed by atoms with Crippen LogP contribution in [0.3, 0.4) is 0 Å². The second-order valence-corrected chi connectivity index (χ2v) is 5.41. The molecular formula is C16H15Cl2NO4. The fraction of sp³-hybridized carbons (Fsp3) is 0.250. The van der Waals surface area contributed by atoms with Crippen LogP contribution < -0.4 is 9.47 Å². The second kappa shape index (κ2) is 7.53. The molecule has 0 spiro atoms. The monoisotopic (exact) mass is 355 g/mol. The first-order valence-corrected chi connectivity index (χ1v) is 7.57. The number of halogens is 2. The van der Waals surface area contributed by atoms with E-state index in [0.29, 0.717) is 29.8 Å². The molecule has 0 radical (unpaired) electrons. The van der Waals surface area contributed by atoms with Gasteiger partial charge in [0.1, 0.15) is 6.29 Å². The number of nitrogens with zero attached hydrogens (tertiary/aromatic N) is 1. The van der Waals surface area contributed by atoms with E-state index in [1.165, 1.54) is 19.5 Å². The minimum atomic E-state index is -0.858. The van der Waals surface area contributed by atoms with Crippen LogP contribution in [0.2, 0.25) is 10.0 Å². The highest BCUT2D eigenvalue weighted by Crippen LogP contribution is 2.45. The highest BCUT2D eigenvalue weighted by molar-refractivity contribution is 6.36. The number of aromatic hydroxyl groups is 1. The number of hydrogen-bond acceptors (Lipinski definition) is 5. The molecule has 0 amide bonds. The van der Waals surface area contributed by atoms with Gasteiger partial charge in [0.2, 0.25) is 5.75 Å². The van der Waals surface area contributed by atoms with E-state index in [1.54, 1.807) is 19.1 Å². The van der Waals surface area contributed by atoms with Gasteiger partial charge < -0.3 is 19.4 Å². The first kappa shape index (κ1) is 17.4. The Balaban J connectivity index is 2.63. The number of hydrogen-bond donors (Lipinski definition) is 1. The molecule has 1 atom stereocenters. The molecule has 0 fully saturated rings. The molecule has 1 aromatic heterocycles. The van der Waals surface area contributed by atoms with Crippen LogP contribution in [0.1, 0.15) is 24.0 Å². The molecule has 23 heavy (non-hydrogen) atoms. The number of phenolic OH excluding ortho intramolecular Hbond substituents is 1. The molecule has 1 N–H and O–H groups in total. The lowest BCUT2D eigenvalue weighted by Crippen LogP contribution is -2.07. The Hall–Kier alpha value is -1.98. The molecule has 0 aliphatic carbocycles. The summed E-state index contributed by atoms with van der Waals surface area (Å²) in [4.78, 5) is 15.5. The van der Waals surface area contributed by atoms with Crippen LogP contribution in [0.5, 0.6) is 17.2 Å². The molecule has 0 saturated carbocycles. The highest BCUT2D eigenvalue weighted by Gasteiger charge is 2.26. The third-order valence-electron chi connectivity index (χ3n) is 3.31. The van der Waals surface area contributed by atoms with E-state index in [9.17, 15) is 9.90 Å². The summed E-state index contributed by atoms with van der Waals surface area (Å²) in [5, 5.41) is 11.0. The number of ether oxygens (including phenoxy) is 2. The van der Waals surface area contributed by atoms with Gasteiger partial charge in [0.15, 0.2) is 11.5 Å². The molecule has 2 aromatic rings. The van der Waals surface area contributed by atoms with E-state index in [-0.39, 0.29) is 21.5 Å². The van der Waals surface area contributed by atoms with E-state index in [4.69, 9.17) is 32.7 Å². The molecule has 7 heteroatoms. The zero-order valence-corrected chi connectivity index (χ0v) is 14.1. The molecule has 0 aliphatic heterocycles. The molecule has 1 aromatic carbocycles. The summed E-state index contributed by atoms with van der Waals surface area (Å²) in [5.74, 6) is -0.513. The third kappa shape index (κ3) is 3.35. The summed E-state index contributed by atoms with van der Waals surface area (Å²) in [5.41, 5.74) is 0.695. The second-order valence-electron chi connectivity index (χ2n) is 4.60. The third-order valence-corrected chi connectivity index (χ3v) is 3.91. The Labute approximate surface area is 143 Å². The van der Waals surface area contributed by atoms with Crippen LogP contribution in [-0.2, 0) is 4.79 Å². The molecule has 5 nitrogen and oxygen atoms in total. The molecule has 2 rings (SSSR count). The van der Waals surface area contributed by atoms with Crippen LogP contribution in [0.4, 0.5) is 0 Å². The topological polar surface area (TPSA) is 68.7 Å². The molecular weight excluding hydrogens is 341 g/mol. The van der Waals surface area contributed by atoms with Gasteiger partial charge in [-0.1, -0.05) is 29.3 Å². The maximum absolute atomic E-state index is 11.7. The van der Waals surface area contributed by atoms with E-state index in [2.05, 4.69) is 4.98 Å². The van der Waals surface area contributed by atoms with Gasteiger partial charge in [0.05, 0.1) is 29.7 Å². The predicted molar refractivity (Wildman–Crippen MR) is 88.0 cm³/mol. The van der Waals surface area contributed by atoms with Crippen LogP contribution in [0.25, 0.3) is 0 Å². The molecule has 1 heterocycles. The first-order chi connectivity index (χ1) is 11.0. The quantitative estimate of drug-likeness (QED) is 0.797. The standard InChI is InChI=1S/C16H15Cl2NO4/c1-3-23-16-13(22-2)5-4-9(15(16)21)10(8-20)14-11(17)6-19-7-12(14)18/h4-8,10,21H,3H2,1-2H3. The van der Waals surface area contributed by atoms with Crippen molar-refractivity contribution in [3.05, 3.63) is 45.7 Å². The molecule has 1 unspecified atom stereocenters. The number of carbonyl (C=O) groups is 1. The fourth-order valence-corrected chi connectivity index (χ4v) is 2.88. The maximum Gasteiger partial charge on any atom is 0.203 e. The van der Waals surface area contributed by atoms with Gasteiger partial charge in [0, 0.05) is 23.5 Å². The zero-order valence-electron chi connectivity index (χ0n) is 12.5. The largest absolute Gasteiger partial charge is 0.504 e. The van der Waals surface area contributed by atoms with E-state index < -0.39 is 5.92 Å². The Bertz CT molecular complexity index is 701. The SMILES string of the molecule is CCOc1c(OC)ccc(C(C=O)c2c(Cl)cncc2Cl)c1O. The number of aldehydes is 1. The lowest BCUT2D eigenvalue weighted by Gasteiger charge is -2.19. The van der Waals surface area contributed by atoms with Gasteiger partial charge >= 0.3 is 0 Å². The Morgan fingerprint density at radius 3 is 2.48 bits per heavy atom. The van der Waals surface area contributed by atoms with Gasteiger partial charge in [-0.05, 0) is 13.0 Å². The number of phenols is 1. The van der Waals surface area contributed by atoms with E-state index in [0.717, 1.165) is 0 Å². The van der Waals surface area contributed by atoms with Crippen molar-refractivity contribution < 1.29 is 19.4 Å². The van der Waals surface area contributed by atoms with Gasteiger partial charge in [-0.2, -0.15) is 0 Å². The maximum atomic E-state index is 11.7. The average Bonchev–Trinajstić information content (AvgIpc) is 2.54. The Morgan fingerprint density at radius 1 is 1.30 bits per heavy atom. The number of aromatic nitrogens is 1. The van der Waals surface area contributed by atoms with Crippen molar-refractivity contribution in [1.29, 1.82) is 0 Å². The normalized spacial score (nSPS) is 11.8. The summed E-state index contributed by atoms with van der Waals surface area (Å²) in [6, 6.07) is 3.18. The smallest absolute Gasteiger partial charge is 0.203 e. The first-order valence-electron chi connectivity index (χ1n) is 6.81. The average molecular weight is 356 g/mol. The number of carbonyl (C=O) groups excluding carboxylic acids is 1. The van der Waals surface area contributed by atoms with Crippen LogP contribution in [0, 0.1) is 0 Å². The summed E-state index contributed by atoms with van der Waals surface area (Å²) in [6.07, 6.45) is 3.44. The van der Waals surface area contributed by atoms with Gasteiger partial charge in [0.25, 0.3) is 0 Å². The lowest BCUT2D eigenvalue weighted by molar-refractivity contribution is -0.108. The van der Waals surface area contributed by atoms with Gasteiger partial charge in [-0.25, -0.2) is 0 Å². The lowest BCUT2D eigenvalue weighted by atomic mass is 9.92. The van der Waals surface area contributed by atoms with Crippen LogP contribution in [0.15, 0.2) is 24.5 Å². The van der Waals surface area contributed by atoms with Crippen LogP contribution in [-0.4, -0.2) is 30.1 Å². The molecule has 0 saturated heterocycles. The van der Waals surface area contributed by atoms with E-state index >= 15 is 0 Å². The van der Waals surface area contributed by atoms with Gasteiger partial charge in [-0.3, -0.25) is 4.98 Å². The van der Waals surface area contributed by atoms with Crippen molar-refractivity contribution in [2.75, 3.05) is 13.7 Å². The Kier molecular flexibility index (Phi) is 5.69. The molecule has 0 aliphatic rings. The number of benzene rings is 1. The van der Waals surface area contributed by atoms with Crippen LogP contribution >= 0.6 is 23.2 Å². The van der Waals surface area contributed by atoms with Crippen molar-refractivity contribution >= 4 is 29.5 Å². The fourth-order valence-electron chi connectivity index (χ4n) is 2.28. The summed E-state index contributed by atoms with van der Waals surface area (Å²) in [7, 11) is 1.46. The molecule has 0 bridgehead atoms. The number of pyridine rings is 1. The van der Waals surface area contributed by atoms with Crippen molar-refractivity contribution in [2.24, 2.45) is 0 Å². The summed E-state index contributed by atoms with van der Waals surface area (Å²) < 4.78 is 10.6. The number of rotatable bonds is 6. The highest BCUT2D eigenvalue weighted by atomic mass is 35.5. The van der Waals surface area contributed by atoms with Crippen molar-refractivity contribution in [3.63, 3.8) is 0 Å². The Morgan fingerprint density at radius 2 is 1.96 bits per heavy atom. The molecule has 122 valence electrons. The van der Waals surface area contributed by atoms with Crippen molar-refractivity contribution in [2.45, 2.75) is 12.8 Å². The van der Waals surface area contributed by atoms with Crippen molar-refractivity contribution in [1.82, 2.24) is 4.98 Å². The summed E-state index contributed by atoms with van der Waals surface area (Å²) in [6.45, 7) is 2.11. The minimum absolute atomic E-state index is 0.167.